The first-order valence-electron chi connectivity index (χ1n) is 8.81. The molecule has 0 spiro atoms. The van der Waals surface area contributed by atoms with Gasteiger partial charge >= 0.3 is 0 Å². The lowest BCUT2D eigenvalue weighted by Gasteiger charge is -2.18. The van der Waals surface area contributed by atoms with Crippen LogP contribution in [-0.4, -0.2) is 9.97 Å². The zero-order chi connectivity index (χ0) is 13.6. The van der Waals surface area contributed by atoms with Crippen molar-refractivity contribution >= 4 is 0 Å². The van der Waals surface area contributed by atoms with E-state index < -0.39 is 0 Å². The van der Waals surface area contributed by atoms with Gasteiger partial charge in [0.05, 0.1) is 22.8 Å². The largest absolute Gasteiger partial charge is 0.254 e. The normalized spacial score (nSPS) is 21.2. The maximum absolute atomic E-state index is 5.02. The quantitative estimate of drug-likeness (QED) is 0.691. The van der Waals surface area contributed by atoms with Gasteiger partial charge in [-0.1, -0.05) is 38.5 Å². The molecule has 2 aliphatic rings. The van der Waals surface area contributed by atoms with Crippen LogP contribution in [0.3, 0.4) is 0 Å². The first kappa shape index (κ1) is 14.0. The second-order valence-electron chi connectivity index (χ2n) is 6.55. The first-order chi connectivity index (χ1) is 9.93. The van der Waals surface area contributed by atoms with E-state index in [-0.39, 0.29) is 0 Å². The Morgan fingerprint density at radius 2 is 0.600 bits per heavy atom. The molecule has 0 N–H and O–H groups in total. The standard InChI is InChI=1S/C18H28N2/c1-2-4-6-8-12-16-15(11-7-5-3-1)19-17-13-9-10-14-18(17)20-16/h1-14H2. The number of hydrogen-bond acceptors (Lipinski definition) is 2. The monoisotopic (exact) mass is 272 g/mol. The van der Waals surface area contributed by atoms with Crippen molar-refractivity contribution in [2.24, 2.45) is 0 Å². The highest BCUT2D eigenvalue weighted by Gasteiger charge is 2.16. The fourth-order valence-electron chi connectivity index (χ4n) is 3.62. The van der Waals surface area contributed by atoms with Crippen LogP contribution in [0.5, 0.6) is 0 Å². The number of aromatic nitrogens is 2. The van der Waals surface area contributed by atoms with Crippen molar-refractivity contribution in [2.75, 3.05) is 0 Å². The summed E-state index contributed by atoms with van der Waals surface area (Å²) in [7, 11) is 0. The summed E-state index contributed by atoms with van der Waals surface area (Å²) in [5, 5.41) is 0. The van der Waals surface area contributed by atoms with Gasteiger partial charge in [0, 0.05) is 0 Å². The number of hydrogen-bond donors (Lipinski definition) is 0. The fourth-order valence-corrected chi connectivity index (χ4v) is 3.62. The highest BCUT2D eigenvalue weighted by atomic mass is 14.9. The summed E-state index contributed by atoms with van der Waals surface area (Å²) in [6, 6.07) is 0. The molecule has 0 unspecified atom stereocenters. The van der Waals surface area contributed by atoms with Gasteiger partial charge < -0.3 is 0 Å². The number of fused-ring (bicyclic) bond motifs is 2. The van der Waals surface area contributed by atoms with Crippen LogP contribution in [0.4, 0.5) is 0 Å². The van der Waals surface area contributed by atoms with Gasteiger partial charge in [0.15, 0.2) is 0 Å². The van der Waals surface area contributed by atoms with E-state index in [2.05, 4.69) is 0 Å². The lowest BCUT2D eigenvalue weighted by atomic mass is 9.97. The Labute approximate surface area is 123 Å². The van der Waals surface area contributed by atoms with Crippen molar-refractivity contribution in [3.05, 3.63) is 22.8 Å². The number of rotatable bonds is 0. The molecule has 0 saturated carbocycles. The van der Waals surface area contributed by atoms with Crippen LogP contribution in [0, 0.1) is 0 Å². The molecule has 0 bridgehead atoms. The van der Waals surface area contributed by atoms with E-state index in [4.69, 9.17) is 9.97 Å². The van der Waals surface area contributed by atoms with Gasteiger partial charge in [0.25, 0.3) is 0 Å². The molecule has 1 heterocycles. The summed E-state index contributed by atoms with van der Waals surface area (Å²) in [6.45, 7) is 0. The SMILES string of the molecule is C1CCCCCc2nc3c(nc2CCCC1)CCCC3. The molecule has 2 heteroatoms. The van der Waals surface area contributed by atoms with Crippen molar-refractivity contribution in [2.45, 2.75) is 89.9 Å². The van der Waals surface area contributed by atoms with Crippen molar-refractivity contribution in [1.82, 2.24) is 9.97 Å². The zero-order valence-corrected chi connectivity index (χ0v) is 12.8. The maximum atomic E-state index is 5.02. The molecule has 2 nitrogen and oxygen atoms in total. The van der Waals surface area contributed by atoms with E-state index in [1.807, 2.05) is 0 Å². The molecule has 0 radical (unpaired) electrons. The zero-order valence-electron chi connectivity index (χ0n) is 12.8. The Morgan fingerprint density at radius 3 is 0.950 bits per heavy atom. The molecule has 110 valence electrons. The van der Waals surface area contributed by atoms with E-state index in [1.165, 1.54) is 87.0 Å². The Kier molecular flexibility index (Phi) is 5.05. The van der Waals surface area contributed by atoms with Crippen LogP contribution in [0.15, 0.2) is 0 Å². The molecule has 2 aliphatic carbocycles. The Balaban J connectivity index is 1.79. The molecular formula is C18H28N2. The van der Waals surface area contributed by atoms with Crippen LogP contribution in [-0.2, 0) is 25.7 Å². The molecule has 0 fully saturated rings. The average Bonchev–Trinajstić information content (AvgIpc) is 2.47. The predicted octanol–water partition coefficient (Wildman–Crippen LogP) is 4.57. The molecule has 0 atom stereocenters. The van der Waals surface area contributed by atoms with Gasteiger partial charge in [-0.3, -0.25) is 9.97 Å². The molecule has 1 aromatic rings. The molecule has 3 rings (SSSR count). The van der Waals surface area contributed by atoms with Crippen LogP contribution in [0.25, 0.3) is 0 Å². The minimum absolute atomic E-state index is 1.16. The highest BCUT2D eigenvalue weighted by Crippen LogP contribution is 2.22. The van der Waals surface area contributed by atoms with E-state index >= 15 is 0 Å². The summed E-state index contributed by atoms with van der Waals surface area (Å²) in [5.41, 5.74) is 5.32. The Morgan fingerprint density at radius 1 is 0.350 bits per heavy atom. The van der Waals surface area contributed by atoms with E-state index in [9.17, 15) is 0 Å². The summed E-state index contributed by atoms with van der Waals surface area (Å²) in [5.74, 6) is 0. The molecule has 0 aromatic carbocycles. The van der Waals surface area contributed by atoms with Crippen molar-refractivity contribution in [1.29, 1.82) is 0 Å². The van der Waals surface area contributed by atoms with E-state index in [0.29, 0.717) is 0 Å². The average molecular weight is 272 g/mol. The summed E-state index contributed by atoms with van der Waals surface area (Å²) >= 11 is 0. The lowest BCUT2D eigenvalue weighted by Crippen LogP contribution is -2.14. The Bertz CT molecular complexity index is 398. The lowest BCUT2D eigenvalue weighted by molar-refractivity contribution is 0.548. The van der Waals surface area contributed by atoms with E-state index in [1.54, 1.807) is 0 Å². The predicted molar refractivity (Wildman–Crippen MR) is 83.0 cm³/mol. The third-order valence-electron chi connectivity index (χ3n) is 4.86. The third-order valence-corrected chi connectivity index (χ3v) is 4.86. The topological polar surface area (TPSA) is 25.8 Å². The summed E-state index contributed by atoms with van der Waals surface area (Å²) < 4.78 is 0. The number of nitrogens with zero attached hydrogens (tertiary/aromatic N) is 2. The molecule has 1 aromatic heterocycles. The van der Waals surface area contributed by atoms with Crippen molar-refractivity contribution in [3.63, 3.8) is 0 Å². The Hall–Kier alpha value is -0.920. The molecular weight excluding hydrogens is 244 g/mol. The molecule has 0 amide bonds. The highest BCUT2D eigenvalue weighted by molar-refractivity contribution is 5.23. The van der Waals surface area contributed by atoms with Gasteiger partial charge in [-0.2, -0.15) is 0 Å². The van der Waals surface area contributed by atoms with Crippen LogP contribution < -0.4 is 0 Å². The van der Waals surface area contributed by atoms with Gasteiger partial charge in [-0.05, 0) is 51.4 Å². The second kappa shape index (κ2) is 7.19. The first-order valence-corrected chi connectivity index (χ1v) is 8.81. The molecule has 0 saturated heterocycles. The van der Waals surface area contributed by atoms with Gasteiger partial charge in [0.2, 0.25) is 0 Å². The van der Waals surface area contributed by atoms with Gasteiger partial charge in [0.1, 0.15) is 0 Å². The second-order valence-corrected chi connectivity index (χ2v) is 6.55. The van der Waals surface area contributed by atoms with Gasteiger partial charge in [-0.15, -0.1) is 0 Å². The van der Waals surface area contributed by atoms with E-state index in [0.717, 1.165) is 25.7 Å². The smallest absolute Gasteiger partial charge is 0.0622 e. The van der Waals surface area contributed by atoms with Crippen LogP contribution in [0.1, 0.15) is 87.0 Å². The van der Waals surface area contributed by atoms with Crippen molar-refractivity contribution < 1.29 is 0 Å². The fraction of sp³-hybridized carbons (Fsp3) is 0.778. The maximum Gasteiger partial charge on any atom is 0.0622 e. The van der Waals surface area contributed by atoms with Crippen molar-refractivity contribution in [3.8, 4) is 0 Å². The van der Waals surface area contributed by atoms with Crippen LogP contribution >= 0.6 is 0 Å². The summed E-state index contributed by atoms with van der Waals surface area (Å²) in [6.07, 6.45) is 18.3. The molecule has 0 aliphatic heterocycles. The minimum atomic E-state index is 1.16. The number of aryl methyl sites for hydroxylation is 4. The van der Waals surface area contributed by atoms with Crippen LogP contribution in [0.2, 0.25) is 0 Å². The minimum Gasteiger partial charge on any atom is -0.254 e. The molecule has 20 heavy (non-hydrogen) atoms. The summed E-state index contributed by atoms with van der Waals surface area (Å²) in [4.78, 5) is 10.0. The van der Waals surface area contributed by atoms with Gasteiger partial charge in [-0.25, -0.2) is 0 Å². The third kappa shape index (κ3) is 3.59.